The van der Waals surface area contributed by atoms with Crippen molar-refractivity contribution in [2.45, 2.75) is 58.4 Å². The van der Waals surface area contributed by atoms with Gasteiger partial charge in [-0.05, 0) is 49.9 Å². The van der Waals surface area contributed by atoms with Crippen LogP contribution in [0.4, 0.5) is 5.69 Å². The molecule has 1 N–H and O–H groups in total. The summed E-state index contributed by atoms with van der Waals surface area (Å²) in [7, 11) is 0. The molecule has 0 bridgehead atoms. The van der Waals surface area contributed by atoms with E-state index in [0.29, 0.717) is 6.04 Å². The molecule has 1 aromatic rings. The quantitative estimate of drug-likeness (QED) is 0.740. The summed E-state index contributed by atoms with van der Waals surface area (Å²) in [6, 6.07) is 5.08. The highest BCUT2D eigenvalue weighted by atomic mass is 79.9. The van der Waals surface area contributed by atoms with Crippen LogP contribution in [0, 0.1) is 13.8 Å². The van der Waals surface area contributed by atoms with Crippen molar-refractivity contribution in [2.75, 3.05) is 5.32 Å². The minimum absolute atomic E-state index is 0.677. The lowest BCUT2D eigenvalue weighted by Crippen LogP contribution is -2.19. The lowest BCUT2D eigenvalue weighted by atomic mass is 10.0. The maximum Gasteiger partial charge on any atom is 0.0402 e. The fourth-order valence-electron chi connectivity index (χ4n) is 2.77. The number of hydrogen-bond acceptors (Lipinski definition) is 1. The molecule has 94 valence electrons. The molecule has 1 aliphatic rings. The second kappa shape index (κ2) is 5.90. The topological polar surface area (TPSA) is 12.0 Å². The van der Waals surface area contributed by atoms with Gasteiger partial charge in [0.15, 0.2) is 0 Å². The van der Waals surface area contributed by atoms with Gasteiger partial charge < -0.3 is 5.32 Å². The van der Waals surface area contributed by atoms with E-state index in [4.69, 9.17) is 0 Å². The number of benzene rings is 1. The maximum absolute atomic E-state index is 3.76. The minimum Gasteiger partial charge on any atom is -0.382 e. The molecule has 1 nitrogen and oxygen atoms in total. The predicted molar refractivity (Wildman–Crippen MR) is 78.7 cm³/mol. The largest absolute Gasteiger partial charge is 0.382 e. The van der Waals surface area contributed by atoms with E-state index in [2.05, 4.69) is 47.2 Å². The summed E-state index contributed by atoms with van der Waals surface area (Å²) in [6.45, 7) is 4.38. The van der Waals surface area contributed by atoms with E-state index in [9.17, 15) is 0 Å². The number of nitrogens with one attached hydrogen (secondary N) is 1. The molecule has 0 unspecified atom stereocenters. The second-order valence-corrected chi connectivity index (χ2v) is 6.16. The first-order chi connectivity index (χ1) is 8.16. The van der Waals surface area contributed by atoms with E-state index in [0.717, 1.165) is 0 Å². The summed E-state index contributed by atoms with van der Waals surface area (Å²) >= 11 is 3.56. The number of anilines is 1. The number of hydrogen-bond donors (Lipinski definition) is 1. The van der Waals surface area contributed by atoms with Gasteiger partial charge in [0.05, 0.1) is 0 Å². The zero-order valence-electron chi connectivity index (χ0n) is 10.9. The highest BCUT2D eigenvalue weighted by Crippen LogP contribution is 2.28. The van der Waals surface area contributed by atoms with Gasteiger partial charge >= 0.3 is 0 Å². The van der Waals surface area contributed by atoms with Crippen LogP contribution in [0.1, 0.15) is 49.7 Å². The van der Waals surface area contributed by atoms with Crippen LogP contribution in [0.2, 0.25) is 0 Å². The SMILES string of the molecule is Cc1cc(Br)cc(C)c1NC1CCCCCC1. The molecule has 0 aromatic heterocycles. The van der Waals surface area contributed by atoms with Crippen LogP contribution in [0.25, 0.3) is 0 Å². The predicted octanol–water partition coefficient (Wildman–Crippen LogP) is 5.20. The third kappa shape index (κ3) is 3.48. The summed E-state index contributed by atoms with van der Waals surface area (Å²) in [5.74, 6) is 0. The molecule has 0 amide bonds. The van der Waals surface area contributed by atoms with Crippen LogP contribution in [-0.4, -0.2) is 6.04 Å². The van der Waals surface area contributed by atoms with Crippen molar-refractivity contribution < 1.29 is 0 Å². The number of aryl methyl sites for hydroxylation is 2. The third-order valence-electron chi connectivity index (χ3n) is 3.70. The molecule has 1 aliphatic carbocycles. The average molecular weight is 296 g/mol. The first-order valence-corrected chi connectivity index (χ1v) is 7.49. The molecule has 1 aromatic carbocycles. The molecule has 0 saturated heterocycles. The Hall–Kier alpha value is -0.500. The molecule has 0 atom stereocenters. The van der Waals surface area contributed by atoms with Gasteiger partial charge in [-0.2, -0.15) is 0 Å². The van der Waals surface area contributed by atoms with Crippen molar-refractivity contribution in [2.24, 2.45) is 0 Å². The van der Waals surface area contributed by atoms with Gasteiger partial charge in [0.25, 0.3) is 0 Å². The lowest BCUT2D eigenvalue weighted by Gasteiger charge is -2.21. The molecular weight excluding hydrogens is 274 g/mol. The average Bonchev–Trinajstić information content (AvgIpc) is 2.51. The Kier molecular flexibility index (Phi) is 4.49. The van der Waals surface area contributed by atoms with Crippen molar-refractivity contribution in [3.63, 3.8) is 0 Å². The number of rotatable bonds is 2. The first-order valence-electron chi connectivity index (χ1n) is 6.70. The van der Waals surface area contributed by atoms with Gasteiger partial charge in [-0.15, -0.1) is 0 Å². The van der Waals surface area contributed by atoms with E-state index in [1.54, 1.807) is 0 Å². The van der Waals surface area contributed by atoms with Gasteiger partial charge in [-0.1, -0.05) is 41.6 Å². The summed E-state index contributed by atoms with van der Waals surface area (Å²) < 4.78 is 1.18. The molecule has 0 spiro atoms. The first kappa shape index (κ1) is 12.9. The molecule has 1 saturated carbocycles. The van der Waals surface area contributed by atoms with Crippen LogP contribution >= 0.6 is 15.9 Å². The summed E-state index contributed by atoms with van der Waals surface area (Å²) in [6.07, 6.45) is 8.25. The van der Waals surface area contributed by atoms with Gasteiger partial charge in [0, 0.05) is 16.2 Å². The Balaban J connectivity index is 2.11. The molecule has 1 fully saturated rings. The van der Waals surface area contributed by atoms with Gasteiger partial charge in [0.2, 0.25) is 0 Å². The normalized spacial score (nSPS) is 17.8. The number of halogens is 1. The Morgan fingerprint density at radius 3 is 2.06 bits per heavy atom. The standard InChI is InChI=1S/C15H22BrN/c1-11-9-13(16)10-12(2)15(11)17-14-7-5-3-4-6-8-14/h9-10,14,17H,3-8H2,1-2H3. The summed E-state index contributed by atoms with van der Waals surface area (Å²) in [5.41, 5.74) is 4.04. The van der Waals surface area contributed by atoms with Crippen LogP contribution in [0.15, 0.2) is 16.6 Å². The second-order valence-electron chi connectivity index (χ2n) is 5.25. The third-order valence-corrected chi connectivity index (χ3v) is 4.16. The molecule has 2 heteroatoms. The zero-order chi connectivity index (χ0) is 12.3. The van der Waals surface area contributed by atoms with Crippen molar-refractivity contribution in [3.05, 3.63) is 27.7 Å². The summed E-state index contributed by atoms with van der Waals surface area (Å²) in [5, 5.41) is 3.76. The van der Waals surface area contributed by atoms with E-state index in [-0.39, 0.29) is 0 Å². The lowest BCUT2D eigenvalue weighted by molar-refractivity contribution is 0.619. The molecule has 2 rings (SSSR count). The van der Waals surface area contributed by atoms with Crippen LogP contribution < -0.4 is 5.32 Å². The maximum atomic E-state index is 3.76. The van der Waals surface area contributed by atoms with Crippen LogP contribution in [0.3, 0.4) is 0 Å². The summed E-state index contributed by atoms with van der Waals surface area (Å²) in [4.78, 5) is 0. The van der Waals surface area contributed by atoms with E-state index < -0.39 is 0 Å². The van der Waals surface area contributed by atoms with Crippen LogP contribution in [-0.2, 0) is 0 Å². The minimum atomic E-state index is 0.677. The Morgan fingerprint density at radius 1 is 1.00 bits per heavy atom. The van der Waals surface area contributed by atoms with Gasteiger partial charge in [-0.25, -0.2) is 0 Å². The Bertz CT molecular complexity index is 356. The molecular formula is C15H22BrN. The Labute approximate surface area is 113 Å². The smallest absolute Gasteiger partial charge is 0.0402 e. The highest BCUT2D eigenvalue weighted by molar-refractivity contribution is 9.10. The van der Waals surface area contributed by atoms with Gasteiger partial charge in [-0.3, -0.25) is 0 Å². The van der Waals surface area contributed by atoms with Crippen molar-refractivity contribution in [1.82, 2.24) is 0 Å². The van der Waals surface area contributed by atoms with Crippen molar-refractivity contribution in [3.8, 4) is 0 Å². The van der Waals surface area contributed by atoms with Crippen LogP contribution in [0.5, 0.6) is 0 Å². The highest BCUT2D eigenvalue weighted by Gasteiger charge is 2.14. The van der Waals surface area contributed by atoms with E-state index in [1.807, 2.05) is 0 Å². The van der Waals surface area contributed by atoms with Crippen molar-refractivity contribution in [1.29, 1.82) is 0 Å². The fraction of sp³-hybridized carbons (Fsp3) is 0.600. The molecule has 0 aliphatic heterocycles. The molecule has 17 heavy (non-hydrogen) atoms. The molecule has 0 radical (unpaired) electrons. The Morgan fingerprint density at radius 2 is 1.53 bits per heavy atom. The zero-order valence-corrected chi connectivity index (χ0v) is 12.4. The van der Waals surface area contributed by atoms with Gasteiger partial charge in [0.1, 0.15) is 0 Å². The monoisotopic (exact) mass is 295 g/mol. The van der Waals surface area contributed by atoms with Crippen molar-refractivity contribution >= 4 is 21.6 Å². The van der Waals surface area contributed by atoms with E-state index >= 15 is 0 Å². The van der Waals surface area contributed by atoms with E-state index in [1.165, 1.54) is 59.8 Å². The fourth-order valence-corrected chi connectivity index (χ4v) is 3.45. The molecule has 0 heterocycles.